The molecular weight excluding hydrogens is 426 g/mol. The summed E-state index contributed by atoms with van der Waals surface area (Å²) in [6.45, 7) is 9.80. The summed E-state index contributed by atoms with van der Waals surface area (Å²) in [4.78, 5) is 43.2. The van der Waals surface area contributed by atoms with Crippen LogP contribution in [0.15, 0.2) is 36.0 Å². The average Bonchev–Trinajstić information content (AvgIpc) is 3.55. The monoisotopic (exact) mass is 459 g/mol. The van der Waals surface area contributed by atoms with E-state index in [9.17, 15) is 14.4 Å². The number of morpholine rings is 1. The number of ether oxygens (including phenoxy) is 3. The molecule has 2 amide bonds. The van der Waals surface area contributed by atoms with Gasteiger partial charge in [0.15, 0.2) is 6.73 Å². The van der Waals surface area contributed by atoms with E-state index in [1.807, 2.05) is 13.0 Å². The van der Waals surface area contributed by atoms with E-state index in [1.165, 1.54) is 11.1 Å². The molecule has 0 aromatic carbocycles. The van der Waals surface area contributed by atoms with E-state index in [-0.39, 0.29) is 30.4 Å². The van der Waals surface area contributed by atoms with Gasteiger partial charge in [0.2, 0.25) is 11.8 Å². The average molecular weight is 460 g/mol. The fraction of sp³-hybridized carbons (Fsp3) is 0.625. The van der Waals surface area contributed by atoms with E-state index in [1.54, 1.807) is 6.08 Å². The van der Waals surface area contributed by atoms with E-state index in [2.05, 4.69) is 22.5 Å². The molecular formula is C24H33N3O6. The standard InChI is InChI=1S/C24H33N3O6/c1-3-5-19-18(4-2)16-27(24(19)8-9-24)20-6-7-21(28)26(22(20)29)17-33-23(30)32-15-12-25-10-13-31-14-11-25/h3-5,20H,1,6-17H2,2H3/b18-4-,19-5?. The number of allylic oxidation sites excluding steroid dienone is 3. The molecule has 1 aliphatic carbocycles. The van der Waals surface area contributed by atoms with Crippen LogP contribution in [0.1, 0.15) is 32.6 Å². The molecule has 1 unspecified atom stereocenters. The molecule has 180 valence electrons. The summed E-state index contributed by atoms with van der Waals surface area (Å²) >= 11 is 0. The number of hydrogen-bond donors (Lipinski definition) is 0. The number of amides is 2. The molecule has 1 spiro atoms. The highest BCUT2D eigenvalue weighted by molar-refractivity contribution is 6.00. The zero-order valence-electron chi connectivity index (χ0n) is 19.3. The first kappa shape index (κ1) is 23.7. The van der Waals surface area contributed by atoms with Crippen LogP contribution in [0.4, 0.5) is 4.79 Å². The van der Waals surface area contributed by atoms with Gasteiger partial charge in [0.05, 0.1) is 19.3 Å². The molecule has 0 bridgehead atoms. The number of carbonyl (C=O) groups is 3. The minimum Gasteiger partial charge on any atom is -0.433 e. The highest BCUT2D eigenvalue weighted by Gasteiger charge is 2.59. The van der Waals surface area contributed by atoms with Crippen molar-refractivity contribution in [3.8, 4) is 0 Å². The topological polar surface area (TPSA) is 88.6 Å². The third kappa shape index (κ3) is 4.90. The molecule has 9 nitrogen and oxygen atoms in total. The molecule has 33 heavy (non-hydrogen) atoms. The highest BCUT2D eigenvalue weighted by atomic mass is 16.7. The Bertz CT molecular complexity index is 856. The van der Waals surface area contributed by atoms with Gasteiger partial charge in [0.25, 0.3) is 0 Å². The second-order valence-electron chi connectivity index (χ2n) is 8.83. The summed E-state index contributed by atoms with van der Waals surface area (Å²) in [6, 6.07) is -0.420. The van der Waals surface area contributed by atoms with Crippen LogP contribution in [-0.2, 0) is 23.8 Å². The van der Waals surface area contributed by atoms with Gasteiger partial charge in [-0.15, -0.1) is 0 Å². The molecule has 4 rings (SSSR count). The Morgan fingerprint density at radius 1 is 1.24 bits per heavy atom. The number of piperidine rings is 1. The van der Waals surface area contributed by atoms with E-state index >= 15 is 0 Å². The lowest BCUT2D eigenvalue weighted by atomic mass is 9.98. The van der Waals surface area contributed by atoms with Crippen molar-refractivity contribution in [3.63, 3.8) is 0 Å². The molecule has 1 saturated carbocycles. The Hall–Kier alpha value is -2.49. The zero-order chi connectivity index (χ0) is 23.4. The molecule has 3 saturated heterocycles. The summed E-state index contributed by atoms with van der Waals surface area (Å²) in [5.41, 5.74) is 2.27. The number of hydrogen-bond acceptors (Lipinski definition) is 8. The van der Waals surface area contributed by atoms with Crippen LogP contribution < -0.4 is 0 Å². The van der Waals surface area contributed by atoms with Crippen LogP contribution in [0.3, 0.4) is 0 Å². The molecule has 9 heteroatoms. The Morgan fingerprint density at radius 3 is 2.67 bits per heavy atom. The minimum atomic E-state index is -0.877. The molecule has 3 aliphatic heterocycles. The number of carbonyl (C=O) groups excluding carboxylic acids is 3. The van der Waals surface area contributed by atoms with Gasteiger partial charge in [-0.25, -0.2) is 9.69 Å². The SMILES string of the molecule is C=CC=C1/C(=C\C)CN(C2CCC(=O)N(COC(=O)OCCN3CCOCC3)C2=O)C12CC2. The molecule has 0 N–H and O–H groups in total. The lowest BCUT2D eigenvalue weighted by Crippen LogP contribution is -2.57. The van der Waals surface area contributed by atoms with Crippen molar-refractivity contribution in [2.24, 2.45) is 0 Å². The van der Waals surface area contributed by atoms with Crippen LogP contribution >= 0.6 is 0 Å². The largest absolute Gasteiger partial charge is 0.510 e. The first-order valence-corrected chi connectivity index (χ1v) is 11.7. The first-order chi connectivity index (χ1) is 16.0. The molecule has 1 atom stereocenters. The quantitative estimate of drug-likeness (QED) is 0.421. The fourth-order valence-electron chi connectivity index (χ4n) is 5.07. The molecule has 0 aromatic rings. The van der Waals surface area contributed by atoms with Crippen molar-refractivity contribution in [2.75, 3.05) is 52.7 Å². The lowest BCUT2D eigenvalue weighted by Gasteiger charge is -2.38. The second kappa shape index (κ2) is 10.2. The minimum absolute atomic E-state index is 0.151. The van der Waals surface area contributed by atoms with Crippen molar-refractivity contribution in [1.82, 2.24) is 14.7 Å². The maximum Gasteiger partial charge on any atom is 0.510 e. The van der Waals surface area contributed by atoms with Gasteiger partial charge in [-0.3, -0.25) is 19.4 Å². The molecule has 4 aliphatic rings. The van der Waals surface area contributed by atoms with Gasteiger partial charge in [-0.1, -0.05) is 24.8 Å². The van der Waals surface area contributed by atoms with Crippen LogP contribution in [0.25, 0.3) is 0 Å². The number of likely N-dealkylation sites (tertiary alicyclic amines) is 2. The molecule has 3 heterocycles. The predicted octanol–water partition coefficient (Wildman–Crippen LogP) is 1.85. The lowest BCUT2D eigenvalue weighted by molar-refractivity contribution is -0.158. The second-order valence-corrected chi connectivity index (χ2v) is 8.83. The maximum atomic E-state index is 13.3. The Kier molecular flexibility index (Phi) is 7.31. The van der Waals surface area contributed by atoms with Crippen molar-refractivity contribution in [1.29, 1.82) is 0 Å². The highest BCUT2D eigenvalue weighted by Crippen LogP contribution is 2.56. The summed E-state index contributed by atoms with van der Waals surface area (Å²) in [5.74, 6) is -0.636. The van der Waals surface area contributed by atoms with Gasteiger partial charge in [0, 0.05) is 38.1 Å². The maximum absolute atomic E-state index is 13.3. The van der Waals surface area contributed by atoms with Gasteiger partial charge >= 0.3 is 6.16 Å². The smallest absolute Gasteiger partial charge is 0.433 e. The normalized spacial score (nSPS) is 28.0. The predicted molar refractivity (Wildman–Crippen MR) is 120 cm³/mol. The van der Waals surface area contributed by atoms with E-state index in [0.717, 1.165) is 30.8 Å². The van der Waals surface area contributed by atoms with Gasteiger partial charge in [0.1, 0.15) is 6.61 Å². The zero-order valence-corrected chi connectivity index (χ0v) is 19.3. The summed E-state index contributed by atoms with van der Waals surface area (Å²) in [7, 11) is 0. The molecule has 0 radical (unpaired) electrons. The Morgan fingerprint density at radius 2 is 2.00 bits per heavy atom. The van der Waals surface area contributed by atoms with Gasteiger partial charge in [-0.05, 0) is 37.3 Å². The van der Waals surface area contributed by atoms with Crippen molar-refractivity contribution in [3.05, 3.63) is 36.0 Å². The van der Waals surface area contributed by atoms with E-state index < -0.39 is 18.9 Å². The van der Waals surface area contributed by atoms with E-state index in [0.29, 0.717) is 32.7 Å². The van der Waals surface area contributed by atoms with Crippen LogP contribution in [0.2, 0.25) is 0 Å². The van der Waals surface area contributed by atoms with Crippen molar-refractivity contribution in [2.45, 2.75) is 44.2 Å². The Labute approximate surface area is 194 Å². The first-order valence-electron chi connectivity index (χ1n) is 11.7. The summed E-state index contributed by atoms with van der Waals surface area (Å²) in [5, 5.41) is 0. The molecule has 0 aromatic heterocycles. The summed E-state index contributed by atoms with van der Waals surface area (Å²) in [6.07, 6.45) is 7.71. The third-order valence-corrected chi connectivity index (χ3v) is 7.00. The Balaban J connectivity index is 1.33. The number of nitrogens with zero attached hydrogens (tertiary/aromatic N) is 3. The van der Waals surface area contributed by atoms with Crippen molar-refractivity contribution >= 4 is 18.0 Å². The fourth-order valence-corrected chi connectivity index (χ4v) is 5.07. The number of rotatable bonds is 7. The third-order valence-electron chi connectivity index (χ3n) is 7.00. The number of imide groups is 1. The van der Waals surface area contributed by atoms with Crippen LogP contribution in [0.5, 0.6) is 0 Å². The van der Waals surface area contributed by atoms with Crippen LogP contribution in [-0.4, -0.2) is 97.0 Å². The summed E-state index contributed by atoms with van der Waals surface area (Å²) < 4.78 is 15.5. The van der Waals surface area contributed by atoms with Crippen LogP contribution in [0, 0.1) is 0 Å². The van der Waals surface area contributed by atoms with Gasteiger partial charge < -0.3 is 14.2 Å². The molecule has 4 fully saturated rings. The van der Waals surface area contributed by atoms with E-state index in [4.69, 9.17) is 14.2 Å². The van der Waals surface area contributed by atoms with Gasteiger partial charge in [-0.2, -0.15) is 0 Å². The van der Waals surface area contributed by atoms with Crippen molar-refractivity contribution < 1.29 is 28.6 Å².